The zero-order valence-electron chi connectivity index (χ0n) is 55.1. The van der Waals surface area contributed by atoms with Gasteiger partial charge < -0.3 is 93.3 Å². The van der Waals surface area contributed by atoms with E-state index in [1.54, 1.807) is 13.0 Å². The van der Waals surface area contributed by atoms with E-state index in [2.05, 4.69) is 23.2 Å². The van der Waals surface area contributed by atoms with Gasteiger partial charge in [0.2, 0.25) is 6.29 Å². The molecule has 12 atom stereocenters. The lowest BCUT2D eigenvalue weighted by atomic mass is 9.89. The number of nitrogens with zero attached hydrogens (tertiary/aromatic N) is 7. The van der Waals surface area contributed by atoms with E-state index in [4.69, 9.17) is 48.2 Å². The number of anilines is 2. The van der Waals surface area contributed by atoms with Crippen LogP contribution in [0.5, 0.6) is 28.7 Å². The first kappa shape index (κ1) is 72.8. The van der Waals surface area contributed by atoms with Gasteiger partial charge in [0.15, 0.2) is 35.5 Å². The maximum Gasteiger partial charge on any atom is 0.416 e. The molecule has 0 bridgehead atoms. The summed E-state index contributed by atoms with van der Waals surface area (Å²) in [5, 5.41) is 89.7. The number of Topliss-reactive ketones (excluding diaryl/α,β-unsaturated/α-hetero) is 2. The molecule has 4 aromatic carbocycles. The van der Waals surface area contributed by atoms with Gasteiger partial charge in [-0.15, -0.1) is 0 Å². The minimum Gasteiger partial charge on any atom is -0.493 e. The van der Waals surface area contributed by atoms with Crippen molar-refractivity contribution in [3.05, 3.63) is 134 Å². The van der Waals surface area contributed by atoms with Crippen molar-refractivity contribution in [3.8, 4) is 28.7 Å². The van der Waals surface area contributed by atoms with E-state index in [9.17, 15) is 69.6 Å². The highest BCUT2D eigenvalue weighted by molar-refractivity contribution is 6.07. The van der Waals surface area contributed by atoms with Gasteiger partial charge in [-0.05, 0) is 123 Å². The summed E-state index contributed by atoms with van der Waals surface area (Å²) in [4.78, 5) is 92.5. The van der Waals surface area contributed by atoms with Gasteiger partial charge in [0, 0.05) is 63.2 Å². The number of aliphatic hydroxyl groups excluding tert-OH is 8. The highest BCUT2D eigenvalue weighted by Gasteiger charge is 2.49. The number of ether oxygens (including phenoxy) is 9. The number of carbonyl (C=O) groups excluding carboxylic acids is 6. The van der Waals surface area contributed by atoms with Gasteiger partial charge in [0.05, 0.1) is 78.7 Å². The molecule has 10 rings (SSSR count). The van der Waals surface area contributed by atoms with Crippen molar-refractivity contribution in [1.29, 1.82) is 0 Å². The van der Waals surface area contributed by atoms with Gasteiger partial charge >= 0.3 is 12.2 Å². The number of benzene rings is 4. The molecule has 2 unspecified atom stereocenters. The van der Waals surface area contributed by atoms with Crippen molar-refractivity contribution < 1.29 is 112 Å². The summed E-state index contributed by atoms with van der Waals surface area (Å²) in [7, 11) is 2.87. The number of aryl methyl sites for hydroxylation is 1. The minimum absolute atomic E-state index is 0.00329. The second-order valence-electron chi connectivity index (χ2n) is 25.3. The third kappa shape index (κ3) is 16.2. The summed E-state index contributed by atoms with van der Waals surface area (Å²) < 4.78 is 52.5. The molecule has 1 aliphatic carbocycles. The third-order valence-electron chi connectivity index (χ3n) is 18.3. The number of carbonyl (C=O) groups is 6. The van der Waals surface area contributed by atoms with Crippen LogP contribution in [-0.2, 0) is 32.2 Å². The topological polar surface area (TPSA) is 409 Å². The molecule has 0 spiro atoms. The molecular formula is C69H83N7O23. The number of amides is 4. The van der Waals surface area contributed by atoms with Crippen molar-refractivity contribution in [3.63, 3.8) is 0 Å². The Bertz CT molecular complexity index is 3750. The summed E-state index contributed by atoms with van der Waals surface area (Å²) in [5.41, 5.74) is 11.4. The van der Waals surface area contributed by atoms with E-state index >= 15 is 0 Å². The van der Waals surface area contributed by atoms with Gasteiger partial charge in [-0.25, -0.2) is 19.4 Å². The van der Waals surface area contributed by atoms with E-state index < -0.39 is 122 Å². The predicted molar refractivity (Wildman–Crippen MR) is 349 cm³/mol. The molecule has 30 heteroatoms. The molecule has 0 aromatic heterocycles. The summed E-state index contributed by atoms with van der Waals surface area (Å²) in [6, 6.07) is 12.9. The standard InChI is InChI=1S/C69H83N7O23/c1-36-23-47-65(87)75(68(89)96-33-39-13-16-53(43(26-39)49(77)11-9-19-71-72-70)98-55-18-15-51(79)59(81)61(55)83)45-29-56(38(3)25-41(45)63(85)73(47)31-36)93-21-7-6-8-22-94-58-30-46-42(28-57(58)92-5)64(86)74-32-37(2)24-48(74)66(88)76(46)69(90)97-34-40-14-17-54(44(27-40)50(78)12-10-20-91-4)99-67-62(84)60(82)52(80)35-95-67/h13-14,16-17,25-30,47-48,51-52,55,59-62,65-67,79-84,87-88H,1-2,6-12,15,18-24,31-35H2,3-5H3/t47-,48-,51+,52+,55+,59-,60-,61-,62+,65?,66?,67-/m0/s1. The number of azide groups is 1. The van der Waals surface area contributed by atoms with Crippen LogP contribution >= 0.6 is 0 Å². The van der Waals surface area contributed by atoms with Crippen LogP contribution in [0.4, 0.5) is 21.0 Å². The quantitative estimate of drug-likeness (QED) is 0.00919. The second kappa shape index (κ2) is 32.4. The molecule has 4 fully saturated rings. The van der Waals surface area contributed by atoms with Crippen molar-refractivity contribution >= 4 is 46.9 Å². The largest absolute Gasteiger partial charge is 0.493 e. The van der Waals surface area contributed by atoms with Gasteiger partial charge in [-0.2, -0.15) is 0 Å². The zero-order valence-corrected chi connectivity index (χ0v) is 55.1. The molecule has 6 aliphatic rings. The zero-order chi connectivity index (χ0) is 70.9. The Kier molecular flexibility index (Phi) is 23.8. The number of aliphatic hydroxyl groups is 8. The van der Waals surface area contributed by atoms with E-state index in [1.165, 1.54) is 78.6 Å². The van der Waals surface area contributed by atoms with Gasteiger partial charge in [-0.1, -0.05) is 41.6 Å². The first-order valence-corrected chi connectivity index (χ1v) is 32.7. The lowest BCUT2D eigenvalue weighted by molar-refractivity contribution is -0.242. The Morgan fingerprint density at radius 3 is 1.71 bits per heavy atom. The minimum atomic E-state index is -1.66. The molecule has 532 valence electrons. The fourth-order valence-corrected chi connectivity index (χ4v) is 13.0. The third-order valence-corrected chi connectivity index (χ3v) is 18.3. The molecule has 99 heavy (non-hydrogen) atoms. The first-order valence-electron chi connectivity index (χ1n) is 32.7. The van der Waals surface area contributed by atoms with Gasteiger partial charge in [-0.3, -0.25) is 19.2 Å². The maximum absolute atomic E-state index is 14.5. The van der Waals surface area contributed by atoms with Crippen molar-refractivity contribution in [2.45, 2.75) is 164 Å². The highest BCUT2D eigenvalue weighted by atomic mass is 16.7. The molecule has 5 heterocycles. The number of ketones is 2. The molecule has 4 amide bonds. The van der Waals surface area contributed by atoms with Crippen LogP contribution in [0.3, 0.4) is 0 Å². The SMILES string of the molecule is C=C1C[C@H]2C(O)N(C(=O)OCc3ccc(O[C@@H]4CC[C@@H](O)[C@H](O)[C@H]4O)c(C(=O)CCCN=[N+]=[N-])c3)c3cc(OCCCCCOc4cc5c(cc4OC)C(=O)N4CC(=C)C[C@H]4C(O)N5C(=O)OCc4ccc(O[C@@H]5OC[C@@H](O)[C@H](O)[C@H]5O)c(C(=O)CCCOC)c4)c(C)cc3C(=O)N2C1. The Morgan fingerprint density at radius 2 is 1.14 bits per heavy atom. The summed E-state index contributed by atoms with van der Waals surface area (Å²) in [5.74, 6) is -1.17. The first-order chi connectivity index (χ1) is 47.5. The fourth-order valence-electron chi connectivity index (χ4n) is 13.0. The molecule has 30 nitrogen and oxygen atoms in total. The Labute approximate surface area is 569 Å². The molecule has 3 saturated heterocycles. The van der Waals surface area contributed by atoms with Crippen LogP contribution in [0.15, 0.2) is 90.1 Å². The van der Waals surface area contributed by atoms with E-state index in [0.717, 1.165) is 9.80 Å². The maximum atomic E-state index is 14.5. The van der Waals surface area contributed by atoms with E-state index in [1.807, 2.05) is 0 Å². The van der Waals surface area contributed by atoms with E-state index in [-0.39, 0.29) is 148 Å². The van der Waals surface area contributed by atoms with Crippen molar-refractivity contribution in [2.75, 3.05) is 70.1 Å². The van der Waals surface area contributed by atoms with Crippen molar-refractivity contribution in [1.82, 2.24) is 9.80 Å². The molecular weight excluding hydrogens is 1290 g/mol. The Morgan fingerprint density at radius 1 is 0.606 bits per heavy atom. The number of methoxy groups -OCH3 is 2. The number of fused-ring (bicyclic) bond motifs is 4. The van der Waals surface area contributed by atoms with Crippen LogP contribution < -0.4 is 33.5 Å². The van der Waals surface area contributed by atoms with Crippen molar-refractivity contribution in [2.24, 2.45) is 5.11 Å². The number of hydrogen-bond acceptors (Lipinski definition) is 24. The smallest absolute Gasteiger partial charge is 0.416 e. The molecule has 0 radical (unpaired) electrons. The van der Waals surface area contributed by atoms with Crippen LogP contribution in [0.2, 0.25) is 0 Å². The summed E-state index contributed by atoms with van der Waals surface area (Å²) >= 11 is 0. The van der Waals surface area contributed by atoms with E-state index in [0.29, 0.717) is 59.3 Å². The average molecular weight is 1380 g/mol. The van der Waals surface area contributed by atoms with Crippen LogP contribution in [0.1, 0.15) is 129 Å². The highest BCUT2D eigenvalue weighted by Crippen LogP contribution is 2.44. The summed E-state index contributed by atoms with van der Waals surface area (Å²) in [6.45, 7) is 9.40. The lowest BCUT2D eigenvalue weighted by Crippen LogP contribution is -2.54. The van der Waals surface area contributed by atoms with Crippen LogP contribution in [0.25, 0.3) is 10.4 Å². The number of rotatable bonds is 27. The fraction of sp³-hybridized carbons (Fsp3) is 0.507. The number of hydrogen-bond donors (Lipinski definition) is 8. The second-order valence-corrected chi connectivity index (χ2v) is 25.3. The van der Waals surface area contributed by atoms with Crippen LogP contribution in [0, 0.1) is 6.92 Å². The average Bonchev–Trinajstić information content (AvgIpc) is 1.62. The molecule has 5 aliphatic heterocycles. The molecule has 8 N–H and O–H groups in total. The van der Waals surface area contributed by atoms with Crippen LogP contribution in [-0.4, -0.2) is 220 Å². The summed E-state index contributed by atoms with van der Waals surface area (Å²) in [6.07, 6.45) is -13.9. The Balaban J connectivity index is 0.809. The molecule has 4 aromatic rings. The normalized spacial score (nSPS) is 24.9. The lowest BCUT2D eigenvalue weighted by Gasteiger charge is -2.35. The monoisotopic (exact) mass is 1380 g/mol. The predicted octanol–water partition coefficient (Wildman–Crippen LogP) is 5.45. The molecule has 1 saturated carbocycles. The van der Waals surface area contributed by atoms with Gasteiger partial charge in [0.25, 0.3) is 11.8 Å². The Hall–Kier alpha value is -8.91. The number of unbranched alkanes of at least 4 members (excludes halogenated alkanes) is 2. The van der Waals surface area contributed by atoms with Gasteiger partial charge in [0.1, 0.15) is 67.1 Å².